The highest BCUT2D eigenvalue weighted by Gasteiger charge is 2.20. The van der Waals surface area contributed by atoms with Crippen LogP contribution >= 0.6 is 11.6 Å². The topological polar surface area (TPSA) is 61.9 Å². The van der Waals surface area contributed by atoms with E-state index in [1.807, 2.05) is 51.0 Å². The van der Waals surface area contributed by atoms with Crippen molar-refractivity contribution in [3.05, 3.63) is 58.6 Å². The molecule has 6 nitrogen and oxygen atoms in total. The van der Waals surface area contributed by atoms with E-state index in [0.29, 0.717) is 42.4 Å². The van der Waals surface area contributed by atoms with E-state index in [0.717, 1.165) is 11.3 Å². The summed E-state index contributed by atoms with van der Waals surface area (Å²) in [5, 5.41) is 3.37. The average molecular weight is 446 g/mol. The molecule has 2 amide bonds. The molecule has 2 aromatic rings. The van der Waals surface area contributed by atoms with Crippen molar-refractivity contribution in [2.24, 2.45) is 5.92 Å². The summed E-state index contributed by atoms with van der Waals surface area (Å²) in [6, 6.07) is 12.8. The van der Waals surface area contributed by atoms with Crippen molar-refractivity contribution in [3.63, 3.8) is 0 Å². The van der Waals surface area contributed by atoms with Crippen molar-refractivity contribution in [1.82, 2.24) is 4.90 Å². The van der Waals surface area contributed by atoms with Gasteiger partial charge < -0.3 is 19.9 Å². The molecule has 0 aliphatic rings. The van der Waals surface area contributed by atoms with Crippen LogP contribution in [0.3, 0.4) is 0 Å². The van der Waals surface area contributed by atoms with Crippen molar-refractivity contribution in [3.8, 4) is 0 Å². The van der Waals surface area contributed by atoms with E-state index in [-0.39, 0.29) is 17.7 Å². The Morgan fingerprint density at radius 1 is 1.13 bits per heavy atom. The van der Waals surface area contributed by atoms with Crippen LogP contribution in [0.2, 0.25) is 5.02 Å². The molecule has 0 spiro atoms. The third-order valence-corrected chi connectivity index (χ3v) is 5.09. The Balaban J connectivity index is 2.34. The summed E-state index contributed by atoms with van der Waals surface area (Å²) >= 11 is 6.27. The monoisotopic (exact) mass is 445 g/mol. The van der Waals surface area contributed by atoms with Gasteiger partial charge in [0, 0.05) is 52.1 Å². The van der Waals surface area contributed by atoms with E-state index in [1.165, 1.54) is 0 Å². The Labute approximate surface area is 190 Å². The first-order chi connectivity index (χ1) is 14.7. The van der Waals surface area contributed by atoms with Crippen LogP contribution in [0.4, 0.5) is 11.4 Å². The fourth-order valence-corrected chi connectivity index (χ4v) is 3.49. The summed E-state index contributed by atoms with van der Waals surface area (Å²) in [5.74, 6) is 0.0850. The van der Waals surface area contributed by atoms with Crippen LogP contribution in [0.15, 0.2) is 42.5 Å². The van der Waals surface area contributed by atoms with Gasteiger partial charge in [0.1, 0.15) is 0 Å². The predicted molar refractivity (Wildman–Crippen MR) is 127 cm³/mol. The Morgan fingerprint density at radius 3 is 2.45 bits per heavy atom. The van der Waals surface area contributed by atoms with Gasteiger partial charge in [0.25, 0.3) is 5.91 Å². The molecule has 0 saturated carbocycles. The molecule has 0 saturated heterocycles. The number of carbonyl (C=O) groups excluding carboxylic acids is 2. The fraction of sp³-hybridized carbons (Fsp3) is 0.417. The number of carbonyl (C=O) groups is 2. The molecule has 31 heavy (non-hydrogen) atoms. The quantitative estimate of drug-likeness (QED) is 0.576. The number of halogens is 1. The van der Waals surface area contributed by atoms with Crippen LogP contribution in [-0.4, -0.2) is 51.1 Å². The van der Waals surface area contributed by atoms with Crippen LogP contribution in [-0.2, 0) is 16.1 Å². The molecule has 0 aromatic heterocycles. The van der Waals surface area contributed by atoms with Gasteiger partial charge in [-0.1, -0.05) is 37.6 Å². The van der Waals surface area contributed by atoms with E-state index in [2.05, 4.69) is 5.32 Å². The zero-order valence-electron chi connectivity index (χ0n) is 18.9. The Morgan fingerprint density at radius 2 is 1.84 bits per heavy atom. The molecule has 0 aliphatic carbocycles. The highest BCUT2D eigenvalue weighted by Crippen LogP contribution is 2.26. The Hall–Kier alpha value is -2.57. The lowest BCUT2D eigenvalue weighted by Crippen LogP contribution is -2.34. The van der Waals surface area contributed by atoms with Gasteiger partial charge in [-0.15, -0.1) is 0 Å². The smallest absolute Gasteiger partial charge is 0.255 e. The molecule has 0 bridgehead atoms. The molecule has 0 unspecified atom stereocenters. The SMILES string of the molecule is COCCN(Cc1cc(NC(=O)CC(C)C)ccc1N(C)C)C(=O)c1ccccc1Cl. The van der Waals surface area contributed by atoms with E-state index in [1.54, 1.807) is 36.3 Å². The molecular weight excluding hydrogens is 414 g/mol. The molecule has 0 fully saturated rings. The molecule has 2 aromatic carbocycles. The Kier molecular flexibility index (Phi) is 9.34. The second-order valence-corrected chi connectivity index (χ2v) is 8.49. The van der Waals surface area contributed by atoms with E-state index in [4.69, 9.17) is 16.3 Å². The molecule has 0 atom stereocenters. The third kappa shape index (κ3) is 7.26. The molecule has 0 heterocycles. The number of hydrogen-bond donors (Lipinski definition) is 1. The molecule has 1 N–H and O–H groups in total. The van der Waals surface area contributed by atoms with Crippen LogP contribution in [0.5, 0.6) is 0 Å². The van der Waals surface area contributed by atoms with Crippen LogP contribution in [0, 0.1) is 5.92 Å². The van der Waals surface area contributed by atoms with Crippen molar-refractivity contribution >= 4 is 34.8 Å². The Bertz CT molecular complexity index is 899. The first kappa shape index (κ1) is 24.7. The van der Waals surface area contributed by atoms with Gasteiger partial charge in [-0.25, -0.2) is 0 Å². The van der Waals surface area contributed by atoms with Crippen LogP contribution in [0.1, 0.15) is 36.2 Å². The van der Waals surface area contributed by atoms with Gasteiger partial charge in [-0.05, 0) is 41.8 Å². The summed E-state index contributed by atoms with van der Waals surface area (Å²) in [7, 11) is 5.50. The summed E-state index contributed by atoms with van der Waals surface area (Å²) in [5.41, 5.74) is 3.05. The largest absolute Gasteiger partial charge is 0.383 e. The van der Waals surface area contributed by atoms with Gasteiger partial charge in [-0.2, -0.15) is 0 Å². The van der Waals surface area contributed by atoms with Crippen molar-refractivity contribution in [1.29, 1.82) is 0 Å². The zero-order chi connectivity index (χ0) is 23.0. The zero-order valence-corrected chi connectivity index (χ0v) is 19.7. The lowest BCUT2D eigenvalue weighted by molar-refractivity contribution is -0.116. The fourth-order valence-electron chi connectivity index (χ4n) is 3.27. The summed E-state index contributed by atoms with van der Waals surface area (Å²) in [6.07, 6.45) is 0.454. The normalized spacial score (nSPS) is 10.8. The number of nitrogens with zero attached hydrogens (tertiary/aromatic N) is 2. The molecule has 2 rings (SSSR count). The maximum atomic E-state index is 13.2. The molecule has 7 heteroatoms. The predicted octanol–water partition coefficient (Wildman–Crippen LogP) is 4.68. The van der Waals surface area contributed by atoms with Crippen LogP contribution < -0.4 is 10.2 Å². The van der Waals surface area contributed by atoms with Crippen LogP contribution in [0.25, 0.3) is 0 Å². The number of methoxy groups -OCH3 is 1. The lowest BCUT2D eigenvalue weighted by Gasteiger charge is -2.26. The number of nitrogens with one attached hydrogen (secondary N) is 1. The minimum absolute atomic E-state index is 0.0260. The van der Waals surface area contributed by atoms with Gasteiger partial charge in [0.2, 0.25) is 5.91 Å². The maximum Gasteiger partial charge on any atom is 0.255 e. The average Bonchev–Trinajstić information content (AvgIpc) is 2.70. The minimum atomic E-state index is -0.165. The summed E-state index contributed by atoms with van der Waals surface area (Å²) in [4.78, 5) is 29.2. The van der Waals surface area contributed by atoms with E-state index >= 15 is 0 Å². The second kappa shape index (κ2) is 11.7. The third-order valence-electron chi connectivity index (χ3n) is 4.76. The molecule has 168 valence electrons. The number of hydrogen-bond acceptors (Lipinski definition) is 4. The summed E-state index contributed by atoms with van der Waals surface area (Å²) < 4.78 is 5.22. The molecule has 0 radical (unpaired) electrons. The van der Waals surface area contributed by atoms with Gasteiger partial charge in [-0.3, -0.25) is 9.59 Å². The standard InChI is InChI=1S/C24H32ClN3O3/c1-17(2)14-23(29)26-19-10-11-22(27(3)4)18(15-19)16-28(12-13-31-5)24(30)20-8-6-7-9-21(20)25/h6-11,15,17H,12-14,16H2,1-5H3,(H,26,29). The first-order valence-electron chi connectivity index (χ1n) is 10.4. The maximum absolute atomic E-state index is 13.2. The highest BCUT2D eigenvalue weighted by atomic mass is 35.5. The number of benzene rings is 2. The van der Waals surface area contributed by atoms with E-state index < -0.39 is 0 Å². The van der Waals surface area contributed by atoms with Gasteiger partial charge in [0.05, 0.1) is 17.2 Å². The number of amides is 2. The number of rotatable bonds is 10. The van der Waals surface area contributed by atoms with Crippen molar-refractivity contribution in [2.45, 2.75) is 26.8 Å². The highest BCUT2D eigenvalue weighted by molar-refractivity contribution is 6.33. The van der Waals surface area contributed by atoms with Gasteiger partial charge >= 0.3 is 0 Å². The number of anilines is 2. The first-order valence-corrected chi connectivity index (χ1v) is 10.7. The minimum Gasteiger partial charge on any atom is -0.383 e. The van der Waals surface area contributed by atoms with Gasteiger partial charge in [0.15, 0.2) is 0 Å². The molecule has 0 aliphatic heterocycles. The summed E-state index contributed by atoms with van der Waals surface area (Å²) in [6.45, 7) is 5.19. The van der Waals surface area contributed by atoms with Crippen molar-refractivity contribution in [2.75, 3.05) is 44.6 Å². The number of ether oxygens (including phenoxy) is 1. The second-order valence-electron chi connectivity index (χ2n) is 8.08. The van der Waals surface area contributed by atoms with E-state index in [9.17, 15) is 9.59 Å². The van der Waals surface area contributed by atoms with Crippen molar-refractivity contribution < 1.29 is 14.3 Å². The molecular formula is C24H32ClN3O3. The lowest BCUT2D eigenvalue weighted by atomic mass is 10.1.